The minimum atomic E-state index is -0.305. The molecule has 0 bridgehead atoms. The van der Waals surface area contributed by atoms with Crippen LogP contribution in [0.1, 0.15) is 19.4 Å². The third-order valence-corrected chi connectivity index (χ3v) is 3.33. The third-order valence-electron chi connectivity index (χ3n) is 3.33. The molecular weight excluding hydrogens is 248 g/mol. The standard InChI is InChI=1S/C18H18O2/c1-4-13(2)18(19)20-17-12-8-11-16(14(17)3)15-9-6-5-7-10-15/h4-12H,1-3H3/b13-4+. The van der Waals surface area contributed by atoms with Gasteiger partial charge in [0.2, 0.25) is 0 Å². The van der Waals surface area contributed by atoms with Crippen LogP contribution >= 0.6 is 0 Å². The zero-order chi connectivity index (χ0) is 14.5. The number of hydrogen-bond donors (Lipinski definition) is 0. The Balaban J connectivity index is 2.36. The molecule has 0 saturated heterocycles. The number of ether oxygens (including phenoxy) is 1. The Labute approximate surface area is 119 Å². The highest BCUT2D eigenvalue weighted by Crippen LogP contribution is 2.30. The third kappa shape index (κ3) is 2.97. The van der Waals surface area contributed by atoms with Crippen molar-refractivity contribution >= 4 is 5.97 Å². The summed E-state index contributed by atoms with van der Waals surface area (Å²) < 4.78 is 5.45. The number of carbonyl (C=O) groups excluding carboxylic acids is 1. The van der Waals surface area contributed by atoms with Gasteiger partial charge in [-0.15, -0.1) is 0 Å². The molecule has 0 unspecified atom stereocenters. The van der Waals surface area contributed by atoms with Crippen LogP contribution in [0.2, 0.25) is 0 Å². The first-order valence-corrected chi connectivity index (χ1v) is 6.63. The van der Waals surface area contributed by atoms with Crippen molar-refractivity contribution in [2.45, 2.75) is 20.8 Å². The molecule has 0 saturated carbocycles. The van der Waals surface area contributed by atoms with E-state index in [1.54, 1.807) is 13.0 Å². The van der Waals surface area contributed by atoms with E-state index in [9.17, 15) is 4.79 Å². The van der Waals surface area contributed by atoms with Gasteiger partial charge in [0.05, 0.1) is 0 Å². The Hall–Kier alpha value is -2.35. The van der Waals surface area contributed by atoms with Crippen LogP contribution < -0.4 is 4.74 Å². The summed E-state index contributed by atoms with van der Waals surface area (Å²) in [5, 5.41) is 0. The summed E-state index contributed by atoms with van der Waals surface area (Å²) in [5.41, 5.74) is 3.77. The zero-order valence-corrected chi connectivity index (χ0v) is 12.0. The average molecular weight is 266 g/mol. The lowest BCUT2D eigenvalue weighted by atomic mass is 10.00. The SMILES string of the molecule is C/C=C(\C)C(=O)Oc1cccc(-c2ccccc2)c1C. The first-order valence-electron chi connectivity index (χ1n) is 6.63. The van der Waals surface area contributed by atoms with Gasteiger partial charge in [-0.3, -0.25) is 0 Å². The van der Waals surface area contributed by atoms with Crippen LogP contribution in [0.4, 0.5) is 0 Å². The molecule has 2 aromatic rings. The van der Waals surface area contributed by atoms with Crippen LogP contribution in [0, 0.1) is 6.92 Å². The minimum absolute atomic E-state index is 0.305. The molecule has 0 heterocycles. The molecule has 2 aromatic carbocycles. The van der Waals surface area contributed by atoms with Gasteiger partial charge in [0.1, 0.15) is 5.75 Å². The van der Waals surface area contributed by atoms with E-state index in [4.69, 9.17) is 4.74 Å². The second kappa shape index (κ2) is 6.20. The minimum Gasteiger partial charge on any atom is -0.423 e. The van der Waals surface area contributed by atoms with E-state index in [0.29, 0.717) is 11.3 Å². The fraction of sp³-hybridized carbons (Fsp3) is 0.167. The normalized spacial score (nSPS) is 11.2. The smallest absolute Gasteiger partial charge is 0.338 e. The van der Waals surface area contributed by atoms with Gasteiger partial charge in [-0.1, -0.05) is 48.5 Å². The highest BCUT2D eigenvalue weighted by atomic mass is 16.5. The second-order valence-corrected chi connectivity index (χ2v) is 4.66. The van der Waals surface area contributed by atoms with Crippen molar-refractivity contribution in [3.63, 3.8) is 0 Å². The van der Waals surface area contributed by atoms with Crippen molar-refractivity contribution in [1.82, 2.24) is 0 Å². The average Bonchev–Trinajstić information content (AvgIpc) is 2.49. The highest BCUT2D eigenvalue weighted by Gasteiger charge is 2.11. The predicted molar refractivity (Wildman–Crippen MR) is 81.7 cm³/mol. The second-order valence-electron chi connectivity index (χ2n) is 4.66. The van der Waals surface area contributed by atoms with Crippen LogP contribution in [-0.4, -0.2) is 5.97 Å². The summed E-state index contributed by atoms with van der Waals surface area (Å²) in [5.74, 6) is 0.304. The molecule has 0 N–H and O–H groups in total. The van der Waals surface area contributed by atoms with Crippen molar-refractivity contribution in [2.24, 2.45) is 0 Å². The van der Waals surface area contributed by atoms with Gasteiger partial charge >= 0.3 is 5.97 Å². The quantitative estimate of drug-likeness (QED) is 0.463. The molecule has 0 fully saturated rings. The Bertz CT molecular complexity index is 640. The molecule has 102 valence electrons. The monoisotopic (exact) mass is 266 g/mol. The molecule has 0 amide bonds. The van der Waals surface area contributed by atoms with E-state index in [2.05, 4.69) is 0 Å². The lowest BCUT2D eigenvalue weighted by Crippen LogP contribution is -2.10. The maximum Gasteiger partial charge on any atom is 0.338 e. The molecule has 0 aromatic heterocycles. The van der Waals surface area contributed by atoms with Crippen molar-refractivity contribution in [3.05, 3.63) is 65.7 Å². The molecule has 0 radical (unpaired) electrons. The number of esters is 1. The molecule has 0 aliphatic heterocycles. The first kappa shape index (κ1) is 14.1. The van der Waals surface area contributed by atoms with Gasteiger partial charge in [-0.25, -0.2) is 4.79 Å². The van der Waals surface area contributed by atoms with Gasteiger partial charge in [0, 0.05) is 5.57 Å². The van der Waals surface area contributed by atoms with E-state index >= 15 is 0 Å². The van der Waals surface area contributed by atoms with Gasteiger partial charge < -0.3 is 4.74 Å². The summed E-state index contributed by atoms with van der Waals surface area (Å²) in [7, 11) is 0. The lowest BCUT2D eigenvalue weighted by Gasteiger charge is -2.12. The van der Waals surface area contributed by atoms with Crippen molar-refractivity contribution in [3.8, 4) is 16.9 Å². The van der Waals surface area contributed by atoms with Gasteiger partial charge in [0.15, 0.2) is 0 Å². The molecule has 0 aliphatic carbocycles. The van der Waals surface area contributed by atoms with Crippen LogP contribution in [0.5, 0.6) is 5.75 Å². The Kier molecular flexibility index (Phi) is 4.36. The number of hydrogen-bond acceptors (Lipinski definition) is 2. The molecule has 20 heavy (non-hydrogen) atoms. The van der Waals surface area contributed by atoms with Crippen LogP contribution in [0.15, 0.2) is 60.2 Å². The number of allylic oxidation sites excluding steroid dienone is 1. The van der Waals surface area contributed by atoms with Crippen LogP contribution in [0.25, 0.3) is 11.1 Å². The Morgan fingerprint density at radius 1 is 1.05 bits per heavy atom. The zero-order valence-electron chi connectivity index (χ0n) is 12.0. The maximum absolute atomic E-state index is 11.9. The van der Waals surface area contributed by atoms with Gasteiger partial charge in [-0.05, 0) is 43.5 Å². The summed E-state index contributed by atoms with van der Waals surface area (Å²) >= 11 is 0. The van der Waals surface area contributed by atoms with Gasteiger partial charge in [-0.2, -0.15) is 0 Å². The summed E-state index contributed by atoms with van der Waals surface area (Å²) in [4.78, 5) is 11.9. The van der Waals surface area contributed by atoms with E-state index in [1.807, 2.05) is 62.4 Å². The largest absolute Gasteiger partial charge is 0.423 e. The highest BCUT2D eigenvalue weighted by molar-refractivity contribution is 5.90. The Morgan fingerprint density at radius 3 is 2.40 bits per heavy atom. The maximum atomic E-state index is 11.9. The number of carbonyl (C=O) groups is 1. The fourth-order valence-corrected chi connectivity index (χ4v) is 1.95. The molecule has 2 rings (SSSR count). The lowest BCUT2D eigenvalue weighted by molar-refractivity contribution is -0.130. The molecule has 0 aliphatic rings. The van der Waals surface area contributed by atoms with E-state index < -0.39 is 0 Å². The topological polar surface area (TPSA) is 26.3 Å². The molecule has 2 nitrogen and oxygen atoms in total. The summed E-state index contributed by atoms with van der Waals surface area (Å²) in [6.45, 7) is 5.54. The fourth-order valence-electron chi connectivity index (χ4n) is 1.95. The van der Waals surface area contributed by atoms with Crippen molar-refractivity contribution in [1.29, 1.82) is 0 Å². The van der Waals surface area contributed by atoms with Crippen molar-refractivity contribution in [2.75, 3.05) is 0 Å². The van der Waals surface area contributed by atoms with Crippen molar-refractivity contribution < 1.29 is 9.53 Å². The number of benzene rings is 2. The number of rotatable bonds is 3. The van der Waals surface area contributed by atoms with Crippen LogP contribution in [0.3, 0.4) is 0 Å². The van der Waals surface area contributed by atoms with E-state index in [-0.39, 0.29) is 5.97 Å². The molecule has 2 heteroatoms. The Morgan fingerprint density at radius 2 is 1.75 bits per heavy atom. The predicted octanol–water partition coefficient (Wildman–Crippen LogP) is 4.53. The summed E-state index contributed by atoms with van der Waals surface area (Å²) in [6, 6.07) is 15.8. The first-order chi connectivity index (χ1) is 9.63. The molecular formula is C18H18O2. The summed E-state index contributed by atoms with van der Waals surface area (Å²) in [6.07, 6.45) is 1.75. The van der Waals surface area contributed by atoms with Crippen LogP contribution in [-0.2, 0) is 4.79 Å². The van der Waals surface area contributed by atoms with E-state index in [0.717, 1.165) is 16.7 Å². The molecule has 0 spiro atoms. The van der Waals surface area contributed by atoms with Gasteiger partial charge in [0.25, 0.3) is 0 Å². The van der Waals surface area contributed by atoms with E-state index in [1.165, 1.54) is 0 Å². The molecule has 0 atom stereocenters.